The molecule has 3 aromatic rings. The molecule has 40 heavy (non-hydrogen) atoms. The van der Waals surface area contributed by atoms with Gasteiger partial charge in [0.15, 0.2) is 0 Å². The molecule has 0 radical (unpaired) electrons. The van der Waals surface area contributed by atoms with E-state index in [2.05, 4.69) is 15.3 Å². The first-order chi connectivity index (χ1) is 19.4. The molecule has 0 saturated carbocycles. The Morgan fingerprint density at radius 1 is 1.18 bits per heavy atom. The molecule has 0 saturated heterocycles. The molecule has 2 aliphatic rings. The van der Waals surface area contributed by atoms with Crippen molar-refractivity contribution in [3.8, 4) is 5.75 Å². The van der Waals surface area contributed by atoms with Crippen LogP contribution in [0.15, 0.2) is 77.6 Å². The lowest BCUT2D eigenvalue weighted by molar-refractivity contribution is 0.0794. The van der Waals surface area contributed by atoms with Crippen LogP contribution in [-0.4, -0.2) is 53.2 Å². The van der Waals surface area contributed by atoms with Gasteiger partial charge in [0.05, 0.1) is 18.4 Å². The van der Waals surface area contributed by atoms with Gasteiger partial charge in [-0.3, -0.25) is 4.79 Å². The van der Waals surface area contributed by atoms with E-state index in [1.165, 1.54) is 13.2 Å². The summed E-state index contributed by atoms with van der Waals surface area (Å²) in [5.74, 6) is 0.259. The van der Waals surface area contributed by atoms with Crippen molar-refractivity contribution in [2.75, 3.05) is 32.6 Å². The van der Waals surface area contributed by atoms with E-state index in [1.54, 1.807) is 66.8 Å². The van der Waals surface area contributed by atoms with Gasteiger partial charge < -0.3 is 20.7 Å². The van der Waals surface area contributed by atoms with Crippen molar-refractivity contribution in [2.24, 2.45) is 10.7 Å². The molecule has 3 N–H and O–H groups in total. The van der Waals surface area contributed by atoms with Crippen LogP contribution in [-0.2, 0) is 6.42 Å². The molecule has 8 nitrogen and oxygen atoms in total. The molecule has 10 heteroatoms. The van der Waals surface area contributed by atoms with Gasteiger partial charge in [-0.15, -0.1) is 0 Å². The van der Waals surface area contributed by atoms with Gasteiger partial charge in [0.2, 0.25) is 5.95 Å². The molecule has 1 amide bonds. The van der Waals surface area contributed by atoms with E-state index in [1.807, 2.05) is 6.08 Å². The standard InChI is InChI=1S/C30H28ClFN6O2/c1-38(14-4-13-33)29(39)18-7-10-20(11-8-18)36-30-35-16-19-9-12-21-22(27-24(32)5-3-6-25(27)40-2)15-26(31)34-17-23(21)28(19)37-30/h3,5-8,10-12,15-17H,4,9,13-14,33H2,1-2H3,(H,35,36,37). The van der Waals surface area contributed by atoms with Crippen molar-refractivity contribution >= 4 is 45.5 Å². The van der Waals surface area contributed by atoms with Crippen LogP contribution in [0.1, 0.15) is 33.6 Å². The Hall–Kier alpha value is -4.34. The number of halogens is 2. The predicted molar refractivity (Wildman–Crippen MR) is 156 cm³/mol. The second-order valence-corrected chi connectivity index (χ2v) is 9.72. The highest BCUT2D eigenvalue weighted by atomic mass is 35.5. The number of anilines is 2. The van der Waals surface area contributed by atoms with Gasteiger partial charge in [0.1, 0.15) is 16.7 Å². The first-order valence-corrected chi connectivity index (χ1v) is 13.1. The topological polar surface area (TPSA) is 106 Å². The predicted octanol–water partition coefficient (Wildman–Crippen LogP) is 5.35. The lowest BCUT2D eigenvalue weighted by Crippen LogP contribution is -2.28. The molecule has 0 atom stereocenters. The quantitative estimate of drug-likeness (QED) is 0.386. The van der Waals surface area contributed by atoms with E-state index in [0.29, 0.717) is 59.2 Å². The van der Waals surface area contributed by atoms with Crippen LogP contribution in [0.25, 0.3) is 11.1 Å². The van der Waals surface area contributed by atoms with Gasteiger partial charge >= 0.3 is 0 Å². The Morgan fingerprint density at radius 3 is 2.73 bits per heavy atom. The van der Waals surface area contributed by atoms with Gasteiger partial charge in [0, 0.05) is 48.4 Å². The van der Waals surface area contributed by atoms with E-state index >= 15 is 4.39 Å². The molecule has 1 aliphatic heterocycles. The maximum atomic E-state index is 15.1. The van der Waals surface area contributed by atoms with Crippen molar-refractivity contribution < 1.29 is 13.9 Å². The SMILES string of the molecule is COc1cccc(F)c1C1=CC(Cl)=NC=C2C1=CCc1cnc(Nc3ccc(C(=O)N(C)CCCN)cc3)nc12. The minimum Gasteiger partial charge on any atom is -0.496 e. The average molecular weight is 559 g/mol. The molecule has 2 heterocycles. The van der Waals surface area contributed by atoms with E-state index in [-0.39, 0.29) is 11.1 Å². The number of benzene rings is 2. The molecule has 0 bridgehead atoms. The van der Waals surface area contributed by atoms with Crippen molar-refractivity contribution in [3.63, 3.8) is 0 Å². The van der Waals surface area contributed by atoms with Crippen molar-refractivity contribution in [3.05, 3.63) is 101 Å². The maximum Gasteiger partial charge on any atom is 0.253 e. The number of fused-ring (bicyclic) bond motifs is 3. The highest BCUT2D eigenvalue weighted by Crippen LogP contribution is 2.43. The fraction of sp³-hybridized carbons (Fsp3) is 0.200. The third-order valence-electron chi connectivity index (χ3n) is 6.70. The summed E-state index contributed by atoms with van der Waals surface area (Å²) in [5, 5.41) is 3.42. The zero-order chi connectivity index (χ0) is 28.2. The number of hydrogen-bond donors (Lipinski definition) is 2. The number of amides is 1. The van der Waals surface area contributed by atoms with Crippen LogP contribution in [0.3, 0.4) is 0 Å². The number of allylic oxidation sites excluding steroid dienone is 5. The average Bonchev–Trinajstić information content (AvgIpc) is 3.14. The normalized spacial score (nSPS) is 14.0. The smallest absolute Gasteiger partial charge is 0.253 e. The molecule has 1 aliphatic carbocycles. The lowest BCUT2D eigenvalue weighted by atomic mass is 9.84. The van der Waals surface area contributed by atoms with Gasteiger partial charge in [-0.05, 0) is 73.0 Å². The number of nitrogens with two attached hydrogens (primary N) is 1. The number of carbonyl (C=O) groups is 1. The number of nitrogens with one attached hydrogen (secondary N) is 1. The number of ether oxygens (including phenoxy) is 1. The van der Waals surface area contributed by atoms with Crippen LogP contribution in [0.5, 0.6) is 5.75 Å². The van der Waals surface area contributed by atoms with Crippen molar-refractivity contribution in [2.45, 2.75) is 12.8 Å². The summed E-state index contributed by atoms with van der Waals surface area (Å²) in [7, 11) is 3.26. The van der Waals surface area contributed by atoms with E-state index < -0.39 is 5.82 Å². The molecule has 0 spiro atoms. The largest absolute Gasteiger partial charge is 0.496 e. The van der Waals surface area contributed by atoms with E-state index in [0.717, 1.165) is 23.2 Å². The minimum atomic E-state index is -0.430. The Kier molecular flexibility index (Phi) is 8.04. The highest BCUT2D eigenvalue weighted by Gasteiger charge is 2.27. The number of hydrogen-bond acceptors (Lipinski definition) is 7. The summed E-state index contributed by atoms with van der Waals surface area (Å²) in [6, 6.07) is 11.8. The molecular formula is C30H28ClFN6O2. The fourth-order valence-electron chi connectivity index (χ4n) is 4.66. The zero-order valence-corrected chi connectivity index (χ0v) is 22.9. The summed E-state index contributed by atoms with van der Waals surface area (Å²) in [5.41, 5.74) is 10.7. The van der Waals surface area contributed by atoms with E-state index in [9.17, 15) is 4.79 Å². The van der Waals surface area contributed by atoms with Crippen molar-refractivity contribution in [1.82, 2.24) is 14.9 Å². The first-order valence-electron chi connectivity index (χ1n) is 12.8. The van der Waals surface area contributed by atoms with Gasteiger partial charge in [-0.2, -0.15) is 0 Å². The monoisotopic (exact) mass is 558 g/mol. The van der Waals surface area contributed by atoms with Crippen LogP contribution in [0, 0.1) is 5.82 Å². The Morgan fingerprint density at radius 2 is 1.98 bits per heavy atom. The number of methoxy groups -OCH3 is 1. The summed E-state index contributed by atoms with van der Waals surface area (Å²) in [6.07, 6.45) is 8.32. The van der Waals surface area contributed by atoms with Crippen molar-refractivity contribution in [1.29, 1.82) is 0 Å². The van der Waals surface area contributed by atoms with Crippen LogP contribution >= 0.6 is 11.6 Å². The highest BCUT2D eigenvalue weighted by molar-refractivity contribution is 6.69. The fourth-order valence-corrected chi connectivity index (χ4v) is 4.82. The molecule has 0 unspecified atom stereocenters. The lowest BCUT2D eigenvalue weighted by Gasteiger charge is -2.22. The summed E-state index contributed by atoms with van der Waals surface area (Å²) in [4.78, 5) is 27.9. The Labute approximate surface area is 236 Å². The third-order valence-corrected chi connectivity index (χ3v) is 6.91. The van der Waals surface area contributed by atoms with Crippen LogP contribution in [0.4, 0.5) is 16.0 Å². The number of aliphatic imine (C=N–C) groups is 1. The van der Waals surface area contributed by atoms with Gasteiger partial charge in [0.25, 0.3) is 5.91 Å². The Balaban J connectivity index is 1.43. The third kappa shape index (κ3) is 5.52. The number of nitrogens with zero attached hydrogens (tertiary/aromatic N) is 4. The van der Waals surface area contributed by atoms with Crippen LogP contribution < -0.4 is 15.8 Å². The minimum absolute atomic E-state index is 0.0702. The maximum absolute atomic E-state index is 15.1. The second kappa shape index (κ2) is 11.8. The zero-order valence-electron chi connectivity index (χ0n) is 22.1. The summed E-state index contributed by atoms with van der Waals surface area (Å²) >= 11 is 6.38. The summed E-state index contributed by atoms with van der Waals surface area (Å²) < 4.78 is 20.6. The number of aromatic nitrogens is 2. The second-order valence-electron chi connectivity index (χ2n) is 9.33. The van der Waals surface area contributed by atoms with E-state index in [4.69, 9.17) is 27.1 Å². The molecular weight excluding hydrogens is 531 g/mol. The van der Waals surface area contributed by atoms with Gasteiger partial charge in [-0.1, -0.05) is 23.7 Å². The summed E-state index contributed by atoms with van der Waals surface area (Å²) in [6.45, 7) is 1.13. The van der Waals surface area contributed by atoms with Crippen LogP contribution in [0.2, 0.25) is 0 Å². The molecule has 1 aromatic heterocycles. The molecule has 2 aromatic carbocycles. The number of carbonyl (C=O) groups excluding carboxylic acids is 1. The van der Waals surface area contributed by atoms with Gasteiger partial charge in [-0.25, -0.2) is 19.4 Å². The molecule has 5 rings (SSSR count). The molecule has 204 valence electrons. The molecule has 0 fully saturated rings. The number of rotatable bonds is 8. The first kappa shape index (κ1) is 27.2. The Bertz CT molecular complexity index is 1580.